The number of ether oxygens (including phenoxy) is 1. The van der Waals surface area contributed by atoms with Crippen LogP contribution in [0.4, 0.5) is 0 Å². The summed E-state index contributed by atoms with van der Waals surface area (Å²) < 4.78 is 5.79. The zero-order valence-electron chi connectivity index (χ0n) is 14.4. The van der Waals surface area contributed by atoms with Crippen molar-refractivity contribution in [2.75, 3.05) is 13.1 Å². The molecule has 130 valence electrons. The van der Waals surface area contributed by atoms with Crippen molar-refractivity contribution in [3.8, 4) is 10.4 Å². The molecule has 0 aliphatic carbocycles. The molecule has 0 amide bonds. The van der Waals surface area contributed by atoms with E-state index in [0.717, 1.165) is 40.7 Å². The minimum absolute atomic E-state index is 0.0489. The molecule has 2 aromatic heterocycles. The first-order valence-corrected chi connectivity index (χ1v) is 9.47. The number of hydrogen-bond acceptors (Lipinski definition) is 4. The normalized spacial score (nSPS) is 23.8. The number of fused-ring (bicyclic) bond motifs is 1. The number of hydrogen-bond donors (Lipinski definition) is 2. The molecule has 6 heteroatoms. The molecule has 2 N–H and O–H groups in total. The molecule has 1 aromatic carbocycles. The van der Waals surface area contributed by atoms with E-state index in [1.165, 1.54) is 4.90 Å². The van der Waals surface area contributed by atoms with E-state index in [4.69, 9.17) is 9.72 Å². The molecule has 5 nitrogen and oxygen atoms in total. The zero-order valence-corrected chi connectivity index (χ0v) is 15.2. The van der Waals surface area contributed by atoms with Crippen molar-refractivity contribution in [1.82, 2.24) is 9.97 Å². The Morgan fingerprint density at radius 1 is 1.24 bits per heavy atom. The third-order valence-corrected chi connectivity index (χ3v) is 5.62. The van der Waals surface area contributed by atoms with Crippen LogP contribution in [0.1, 0.15) is 19.7 Å². The van der Waals surface area contributed by atoms with E-state index in [0.29, 0.717) is 5.39 Å². The van der Waals surface area contributed by atoms with Crippen LogP contribution in [0, 0.1) is 0 Å². The van der Waals surface area contributed by atoms with Crippen molar-refractivity contribution in [3.05, 3.63) is 52.6 Å². The first kappa shape index (κ1) is 16.4. The first-order valence-electron chi connectivity index (χ1n) is 8.65. The van der Waals surface area contributed by atoms with Gasteiger partial charge in [0, 0.05) is 4.88 Å². The van der Waals surface area contributed by atoms with Crippen LogP contribution in [-0.2, 0) is 11.3 Å². The van der Waals surface area contributed by atoms with E-state index in [1.807, 2.05) is 24.3 Å². The van der Waals surface area contributed by atoms with Gasteiger partial charge in [-0.1, -0.05) is 30.3 Å². The van der Waals surface area contributed by atoms with Gasteiger partial charge in [-0.25, -0.2) is 4.98 Å². The molecular weight excluding hydrogens is 334 g/mol. The lowest BCUT2D eigenvalue weighted by Crippen LogP contribution is -3.14. The summed E-state index contributed by atoms with van der Waals surface area (Å²) in [6.07, 6.45) is 0.473. The van der Waals surface area contributed by atoms with Crippen LogP contribution in [0.15, 0.2) is 41.2 Å². The lowest BCUT2D eigenvalue weighted by atomic mass is 10.2. The van der Waals surface area contributed by atoms with Crippen molar-refractivity contribution in [2.45, 2.75) is 32.6 Å². The van der Waals surface area contributed by atoms with Crippen LogP contribution in [0.5, 0.6) is 0 Å². The molecule has 0 spiro atoms. The van der Waals surface area contributed by atoms with Gasteiger partial charge in [0.05, 0.1) is 5.39 Å². The van der Waals surface area contributed by atoms with Crippen molar-refractivity contribution in [2.24, 2.45) is 0 Å². The van der Waals surface area contributed by atoms with Gasteiger partial charge in [-0.15, -0.1) is 11.3 Å². The molecule has 25 heavy (non-hydrogen) atoms. The highest BCUT2D eigenvalue weighted by atomic mass is 32.1. The summed E-state index contributed by atoms with van der Waals surface area (Å²) in [7, 11) is 0. The van der Waals surface area contributed by atoms with E-state index in [1.54, 1.807) is 11.3 Å². The molecule has 3 atom stereocenters. The van der Waals surface area contributed by atoms with Gasteiger partial charge >= 0.3 is 0 Å². The largest absolute Gasteiger partial charge is 0.364 e. The summed E-state index contributed by atoms with van der Waals surface area (Å²) in [6.45, 7) is 6.79. The van der Waals surface area contributed by atoms with Gasteiger partial charge in [0.2, 0.25) is 0 Å². The van der Waals surface area contributed by atoms with E-state index >= 15 is 0 Å². The predicted octanol–water partition coefficient (Wildman–Crippen LogP) is 1.84. The molecule has 0 radical (unpaired) electrons. The summed E-state index contributed by atoms with van der Waals surface area (Å²) >= 11 is 1.58. The average molecular weight is 356 g/mol. The number of aromatic nitrogens is 2. The number of quaternary nitrogens is 1. The van der Waals surface area contributed by atoms with E-state index in [9.17, 15) is 4.79 Å². The third-order valence-electron chi connectivity index (χ3n) is 4.54. The van der Waals surface area contributed by atoms with Crippen LogP contribution in [-0.4, -0.2) is 35.3 Å². The molecule has 0 bridgehead atoms. The van der Waals surface area contributed by atoms with Crippen LogP contribution in [0.2, 0.25) is 0 Å². The Hall–Kier alpha value is -2.02. The zero-order chi connectivity index (χ0) is 17.4. The van der Waals surface area contributed by atoms with Gasteiger partial charge in [-0.2, -0.15) is 0 Å². The summed E-state index contributed by atoms with van der Waals surface area (Å²) in [5.74, 6) is 0.760. The van der Waals surface area contributed by atoms with Gasteiger partial charge in [-0.05, 0) is 25.5 Å². The Labute approximate surface area is 150 Å². The summed E-state index contributed by atoms with van der Waals surface area (Å²) in [4.78, 5) is 23.5. The number of rotatable bonds is 3. The van der Waals surface area contributed by atoms with Crippen LogP contribution in [0.25, 0.3) is 20.7 Å². The molecule has 3 aromatic rings. The number of aromatic amines is 1. The summed E-state index contributed by atoms with van der Waals surface area (Å²) in [5, 5.41) is 0.673. The number of morpholine rings is 1. The number of benzene rings is 1. The maximum absolute atomic E-state index is 12.5. The van der Waals surface area contributed by atoms with Crippen LogP contribution < -0.4 is 10.5 Å². The van der Waals surface area contributed by atoms with Crippen molar-refractivity contribution in [1.29, 1.82) is 0 Å². The van der Waals surface area contributed by atoms with E-state index < -0.39 is 0 Å². The molecular formula is C19H22N3O2S+. The van der Waals surface area contributed by atoms with Gasteiger partial charge in [-0.3, -0.25) is 4.79 Å². The Balaban J connectivity index is 1.64. The molecule has 3 heterocycles. The topological polar surface area (TPSA) is 59.4 Å². The van der Waals surface area contributed by atoms with Crippen molar-refractivity contribution in [3.63, 3.8) is 0 Å². The fourth-order valence-corrected chi connectivity index (χ4v) is 4.63. The number of nitrogens with one attached hydrogen (secondary N) is 2. The summed E-state index contributed by atoms with van der Waals surface area (Å²) in [5.41, 5.74) is 1.07. The monoisotopic (exact) mass is 356 g/mol. The lowest BCUT2D eigenvalue weighted by Gasteiger charge is -2.32. The second kappa shape index (κ2) is 6.71. The SMILES string of the molecule is C[C@@H]1C[NH+](Cc2nc3sc(-c4ccccc4)cc3c(=O)[nH]2)C[C@H](C)O1. The standard InChI is InChI=1S/C19H21N3O2S/c1-12-9-22(10-13(2)24-12)11-17-20-18(23)15-8-16(25-19(15)21-17)14-6-4-3-5-7-14/h3-8,12-13H,9-11H2,1-2H3,(H,20,21,23)/p+1/t12-,13+. The minimum atomic E-state index is -0.0489. The molecule has 1 aliphatic heterocycles. The molecule has 4 rings (SSSR count). The van der Waals surface area contributed by atoms with Crippen LogP contribution in [0.3, 0.4) is 0 Å². The van der Waals surface area contributed by atoms with Gasteiger partial charge in [0.25, 0.3) is 5.56 Å². The maximum atomic E-state index is 12.5. The second-order valence-corrected chi connectivity index (χ2v) is 7.83. The maximum Gasteiger partial charge on any atom is 0.259 e. The van der Waals surface area contributed by atoms with Gasteiger partial charge in [0.1, 0.15) is 36.7 Å². The highest BCUT2D eigenvalue weighted by molar-refractivity contribution is 7.21. The number of nitrogens with zero attached hydrogens (tertiary/aromatic N) is 1. The third kappa shape index (κ3) is 3.51. The fourth-order valence-electron chi connectivity index (χ4n) is 3.57. The average Bonchev–Trinajstić information content (AvgIpc) is 2.99. The highest BCUT2D eigenvalue weighted by Crippen LogP contribution is 2.30. The predicted molar refractivity (Wildman–Crippen MR) is 100 cm³/mol. The Morgan fingerprint density at radius 2 is 1.96 bits per heavy atom. The van der Waals surface area contributed by atoms with Crippen LogP contribution >= 0.6 is 11.3 Å². The second-order valence-electron chi connectivity index (χ2n) is 6.80. The first-order chi connectivity index (χ1) is 12.1. The minimum Gasteiger partial charge on any atom is -0.364 e. The molecule has 1 aliphatic rings. The lowest BCUT2D eigenvalue weighted by molar-refractivity contribution is -0.928. The number of thiophene rings is 1. The quantitative estimate of drug-likeness (QED) is 0.753. The molecule has 1 fully saturated rings. The smallest absolute Gasteiger partial charge is 0.259 e. The Kier molecular flexibility index (Phi) is 4.41. The Morgan fingerprint density at radius 3 is 2.68 bits per heavy atom. The summed E-state index contributed by atoms with van der Waals surface area (Å²) in [6, 6.07) is 12.1. The van der Waals surface area contributed by atoms with E-state index in [-0.39, 0.29) is 17.8 Å². The van der Waals surface area contributed by atoms with Crippen molar-refractivity contribution >= 4 is 21.6 Å². The molecule has 0 saturated carbocycles. The molecule has 1 unspecified atom stereocenters. The van der Waals surface area contributed by atoms with Gasteiger partial charge in [0.15, 0.2) is 5.82 Å². The van der Waals surface area contributed by atoms with E-state index in [2.05, 4.69) is 31.0 Å². The molecule has 1 saturated heterocycles. The number of H-pyrrole nitrogens is 1. The van der Waals surface area contributed by atoms with Gasteiger partial charge < -0.3 is 14.6 Å². The fraction of sp³-hybridized carbons (Fsp3) is 0.368. The highest BCUT2D eigenvalue weighted by Gasteiger charge is 2.26. The Bertz CT molecular complexity index is 925. The van der Waals surface area contributed by atoms with Crippen molar-refractivity contribution < 1.29 is 9.64 Å².